The van der Waals surface area contributed by atoms with Crippen LogP contribution >= 0.6 is 0 Å². The highest BCUT2D eigenvalue weighted by Crippen LogP contribution is 2.30. The molecule has 5 rings (SSSR count). The average molecular weight is 354 g/mol. The average Bonchev–Trinajstić information content (AvgIpc) is 3.00. The van der Waals surface area contributed by atoms with Crippen LogP contribution in [0.4, 0.5) is 0 Å². The van der Waals surface area contributed by atoms with Gasteiger partial charge in [0.05, 0.1) is 18.7 Å². The maximum Gasteiger partial charge on any atom is 0.271 e. The number of nitrogens with one attached hydrogen (secondary N) is 1. The van der Waals surface area contributed by atoms with Gasteiger partial charge >= 0.3 is 0 Å². The number of piperidine rings is 1. The zero-order chi connectivity index (χ0) is 18.3. The molecule has 2 atom stereocenters. The summed E-state index contributed by atoms with van der Waals surface area (Å²) in [6, 6.07) is 9.41. The predicted octanol–water partition coefficient (Wildman–Crippen LogP) is 1.78. The quantitative estimate of drug-likeness (QED) is 0.911. The number of H-pyrrole nitrogens is 1. The van der Waals surface area contributed by atoms with E-state index in [2.05, 4.69) is 10.2 Å². The molecule has 136 valence electrons. The topological polar surface area (TPSA) is 78.5 Å². The number of hydrogen-bond acceptors (Lipinski definition) is 4. The van der Waals surface area contributed by atoms with Crippen LogP contribution < -0.4 is 4.74 Å². The fourth-order valence-electron chi connectivity index (χ4n) is 3.92. The van der Waals surface area contributed by atoms with Crippen LogP contribution in [-0.4, -0.2) is 65.1 Å². The fraction of sp³-hybridized carbons (Fsp3) is 0.421. The first-order valence-corrected chi connectivity index (χ1v) is 8.83. The van der Waals surface area contributed by atoms with Gasteiger partial charge in [-0.25, -0.2) is 0 Å². The standard InChI is InChI=1S/C19H22N4O3/c1-22-13-8-7-12(18(22)24)10-23(11-13)19(25)16-9-15(20-21-16)14-5-3-4-6-17(14)26-2/h3-6,9,12-13H,7-8,10-11H2,1-2H3,(H,20,21)/t12-,13+/m0/s1. The third-order valence-corrected chi connectivity index (χ3v) is 5.44. The number of carbonyl (C=O) groups is 2. The van der Waals surface area contributed by atoms with E-state index in [9.17, 15) is 9.59 Å². The molecule has 1 aromatic heterocycles. The van der Waals surface area contributed by atoms with Crippen LogP contribution in [0.1, 0.15) is 23.3 Å². The van der Waals surface area contributed by atoms with Crippen molar-refractivity contribution in [3.8, 4) is 17.0 Å². The number of aromatic amines is 1. The van der Waals surface area contributed by atoms with Crippen LogP contribution in [-0.2, 0) is 4.79 Å². The Morgan fingerprint density at radius 1 is 1.27 bits per heavy atom. The van der Waals surface area contributed by atoms with E-state index in [0.29, 0.717) is 30.2 Å². The third kappa shape index (κ3) is 2.73. The molecule has 4 heterocycles. The minimum atomic E-state index is -0.112. The van der Waals surface area contributed by atoms with Gasteiger partial charge in [-0.3, -0.25) is 14.7 Å². The first-order chi connectivity index (χ1) is 12.6. The molecule has 26 heavy (non-hydrogen) atoms. The van der Waals surface area contributed by atoms with Crippen LogP contribution in [0.5, 0.6) is 5.75 Å². The van der Waals surface area contributed by atoms with Crippen LogP contribution in [0.15, 0.2) is 30.3 Å². The Labute approximate surface area is 151 Å². The molecule has 0 radical (unpaired) electrons. The van der Waals surface area contributed by atoms with Crippen LogP contribution in [0, 0.1) is 5.92 Å². The van der Waals surface area contributed by atoms with Crippen molar-refractivity contribution in [2.45, 2.75) is 18.9 Å². The van der Waals surface area contributed by atoms with E-state index in [4.69, 9.17) is 4.74 Å². The van der Waals surface area contributed by atoms with Gasteiger partial charge in [0.1, 0.15) is 11.4 Å². The molecular weight excluding hydrogens is 332 g/mol. The monoisotopic (exact) mass is 354 g/mol. The number of amides is 2. The molecule has 7 heteroatoms. The number of carbonyl (C=O) groups excluding carboxylic acids is 2. The molecule has 3 aliphatic heterocycles. The SMILES string of the molecule is COc1ccccc1-c1cc(C(=O)N2C[C@@H]3CC[C@H](C2)N(C)C3=O)[nH]n1. The Balaban J connectivity index is 1.58. The van der Waals surface area contributed by atoms with Gasteiger partial charge < -0.3 is 14.5 Å². The lowest BCUT2D eigenvalue weighted by molar-refractivity contribution is -0.138. The Bertz CT molecular complexity index is 847. The van der Waals surface area contributed by atoms with Gasteiger partial charge in [0.2, 0.25) is 5.91 Å². The lowest BCUT2D eigenvalue weighted by Gasteiger charge is -2.32. The van der Waals surface area contributed by atoms with Crippen molar-refractivity contribution in [1.29, 1.82) is 0 Å². The minimum absolute atomic E-state index is 0.0979. The molecule has 0 spiro atoms. The molecule has 1 aromatic carbocycles. The first-order valence-electron chi connectivity index (χ1n) is 8.83. The molecule has 7 nitrogen and oxygen atoms in total. The summed E-state index contributed by atoms with van der Waals surface area (Å²) in [5.74, 6) is 0.645. The molecule has 0 aliphatic carbocycles. The molecule has 2 bridgehead atoms. The zero-order valence-corrected chi connectivity index (χ0v) is 14.9. The van der Waals surface area contributed by atoms with Crippen molar-refractivity contribution >= 4 is 11.8 Å². The van der Waals surface area contributed by atoms with Crippen LogP contribution in [0.25, 0.3) is 11.3 Å². The number of aromatic nitrogens is 2. The van der Waals surface area contributed by atoms with Crippen molar-refractivity contribution in [2.24, 2.45) is 5.92 Å². The molecule has 0 unspecified atom stereocenters. The fourth-order valence-corrected chi connectivity index (χ4v) is 3.92. The molecule has 2 aromatic rings. The van der Waals surface area contributed by atoms with Gasteiger partial charge in [0.25, 0.3) is 5.91 Å². The van der Waals surface area contributed by atoms with Crippen molar-refractivity contribution in [3.63, 3.8) is 0 Å². The van der Waals surface area contributed by atoms with Crippen molar-refractivity contribution in [2.75, 3.05) is 27.2 Å². The van der Waals surface area contributed by atoms with E-state index >= 15 is 0 Å². The van der Waals surface area contributed by atoms with Gasteiger partial charge in [0.15, 0.2) is 0 Å². The van der Waals surface area contributed by atoms with E-state index in [1.165, 1.54) is 0 Å². The molecule has 3 saturated heterocycles. The maximum atomic E-state index is 13.0. The highest BCUT2D eigenvalue weighted by Gasteiger charge is 2.40. The van der Waals surface area contributed by atoms with E-state index < -0.39 is 0 Å². The van der Waals surface area contributed by atoms with E-state index in [-0.39, 0.29) is 23.8 Å². The summed E-state index contributed by atoms with van der Waals surface area (Å²) < 4.78 is 5.37. The maximum absolute atomic E-state index is 13.0. The van der Waals surface area contributed by atoms with Crippen molar-refractivity contribution in [3.05, 3.63) is 36.0 Å². The highest BCUT2D eigenvalue weighted by molar-refractivity contribution is 5.94. The largest absolute Gasteiger partial charge is 0.496 e. The van der Waals surface area contributed by atoms with Crippen LogP contribution in [0.2, 0.25) is 0 Å². The van der Waals surface area contributed by atoms with E-state index in [1.807, 2.05) is 31.3 Å². The number of benzene rings is 1. The zero-order valence-electron chi connectivity index (χ0n) is 14.9. The number of nitrogens with zero attached hydrogens (tertiary/aromatic N) is 3. The van der Waals surface area contributed by atoms with Crippen molar-refractivity contribution < 1.29 is 14.3 Å². The van der Waals surface area contributed by atoms with Gasteiger partial charge in [-0.2, -0.15) is 5.10 Å². The van der Waals surface area contributed by atoms with Gasteiger partial charge in [0, 0.05) is 31.7 Å². The number of ether oxygens (including phenoxy) is 1. The Morgan fingerprint density at radius 3 is 2.88 bits per heavy atom. The Hall–Kier alpha value is -2.83. The minimum Gasteiger partial charge on any atom is -0.496 e. The van der Waals surface area contributed by atoms with E-state index in [1.54, 1.807) is 23.0 Å². The summed E-state index contributed by atoms with van der Waals surface area (Å²) in [7, 11) is 3.45. The number of likely N-dealkylation sites (N-methyl/N-ethyl adjacent to an activating group) is 1. The lowest BCUT2D eigenvalue weighted by atomic mass is 9.95. The highest BCUT2D eigenvalue weighted by atomic mass is 16.5. The molecule has 1 N–H and O–H groups in total. The summed E-state index contributed by atoms with van der Waals surface area (Å²) in [5.41, 5.74) is 1.93. The predicted molar refractivity (Wildman–Crippen MR) is 95.8 cm³/mol. The number of hydrogen-bond donors (Lipinski definition) is 1. The number of fused-ring (bicyclic) bond motifs is 4. The number of methoxy groups -OCH3 is 1. The molecule has 3 fully saturated rings. The molecule has 2 amide bonds. The summed E-state index contributed by atoms with van der Waals surface area (Å²) in [6.07, 6.45) is 1.80. The number of rotatable bonds is 3. The second-order valence-electron chi connectivity index (χ2n) is 6.95. The van der Waals surface area contributed by atoms with Crippen molar-refractivity contribution in [1.82, 2.24) is 20.0 Å². The van der Waals surface area contributed by atoms with E-state index in [0.717, 1.165) is 18.4 Å². The van der Waals surface area contributed by atoms with Gasteiger partial charge in [-0.1, -0.05) is 12.1 Å². The number of para-hydroxylation sites is 1. The molecular formula is C19H22N4O3. The first kappa shape index (κ1) is 16.6. The molecule has 0 saturated carbocycles. The van der Waals surface area contributed by atoms with Gasteiger partial charge in [-0.15, -0.1) is 0 Å². The molecule has 3 aliphatic rings. The Morgan fingerprint density at radius 2 is 2.08 bits per heavy atom. The summed E-state index contributed by atoms with van der Waals surface area (Å²) in [6.45, 7) is 1.04. The Kier molecular flexibility index (Phi) is 4.14. The summed E-state index contributed by atoms with van der Waals surface area (Å²) in [4.78, 5) is 28.9. The second-order valence-corrected chi connectivity index (χ2v) is 6.95. The normalized spacial score (nSPS) is 22.5. The third-order valence-electron chi connectivity index (χ3n) is 5.44. The summed E-state index contributed by atoms with van der Waals surface area (Å²) in [5, 5.41) is 7.14. The van der Waals surface area contributed by atoms with Crippen LogP contribution in [0.3, 0.4) is 0 Å². The second kappa shape index (κ2) is 6.48. The summed E-state index contributed by atoms with van der Waals surface area (Å²) >= 11 is 0. The smallest absolute Gasteiger partial charge is 0.271 e. The lowest BCUT2D eigenvalue weighted by Crippen LogP contribution is -2.45. The van der Waals surface area contributed by atoms with Gasteiger partial charge in [-0.05, 0) is 31.0 Å².